The van der Waals surface area contributed by atoms with Crippen LogP contribution in [0.15, 0.2) is 47.4 Å². The molecule has 20 heavy (non-hydrogen) atoms. The normalized spacial score (nSPS) is 20.0. The zero-order valence-corrected chi connectivity index (χ0v) is 12.2. The minimum Gasteiger partial charge on any atom is -0.399 e. The third kappa shape index (κ3) is 2.06. The fraction of sp³-hybridized carbons (Fsp3) is 0.294. The van der Waals surface area contributed by atoms with Crippen molar-refractivity contribution in [3.8, 4) is 0 Å². The monoisotopic (exact) mass is 282 g/mol. The lowest BCUT2D eigenvalue weighted by atomic mass is 10.1. The van der Waals surface area contributed by atoms with E-state index in [1.165, 1.54) is 28.1 Å². The van der Waals surface area contributed by atoms with Crippen molar-refractivity contribution in [3.05, 3.63) is 53.6 Å². The van der Waals surface area contributed by atoms with Gasteiger partial charge in [0.15, 0.2) is 0 Å². The van der Waals surface area contributed by atoms with Crippen molar-refractivity contribution in [2.45, 2.75) is 23.0 Å². The maximum Gasteiger partial charge on any atom is 0.0420 e. The SMILES string of the molecule is Nc1ccc2c(c1)N(CC1Cc3ccccc3S1)CC2. The van der Waals surface area contributed by atoms with Crippen molar-refractivity contribution < 1.29 is 0 Å². The minimum absolute atomic E-state index is 0.666. The summed E-state index contributed by atoms with van der Waals surface area (Å²) < 4.78 is 0. The predicted octanol–water partition coefficient (Wildman–Crippen LogP) is 3.35. The van der Waals surface area contributed by atoms with Crippen LogP contribution in [0.5, 0.6) is 0 Å². The van der Waals surface area contributed by atoms with Crippen LogP contribution < -0.4 is 10.6 Å². The van der Waals surface area contributed by atoms with Crippen LogP contribution in [-0.2, 0) is 12.8 Å². The first-order chi connectivity index (χ1) is 9.79. The number of nitrogen functional groups attached to an aromatic ring is 1. The van der Waals surface area contributed by atoms with Crippen LogP contribution in [0, 0.1) is 0 Å². The van der Waals surface area contributed by atoms with E-state index in [2.05, 4.69) is 41.3 Å². The molecule has 1 unspecified atom stereocenters. The summed E-state index contributed by atoms with van der Waals surface area (Å²) in [6.07, 6.45) is 2.34. The number of hydrogen-bond acceptors (Lipinski definition) is 3. The molecule has 2 N–H and O–H groups in total. The molecule has 0 aliphatic carbocycles. The van der Waals surface area contributed by atoms with Crippen molar-refractivity contribution in [1.82, 2.24) is 0 Å². The molecule has 0 fully saturated rings. The van der Waals surface area contributed by atoms with Crippen molar-refractivity contribution in [1.29, 1.82) is 0 Å². The third-order valence-electron chi connectivity index (χ3n) is 4.24. The Morgan fingerprint density at radius 1 is 1.15 bits per heavy atom. The molecule has 3 heteroatoms. The number of benzene rings is 2. The molecule has 0 saturated heterocycles. The predicted molar refractivity (Wildman–Crippen MR) is 86.6 cm³/mol. The van der Waals surface area contributed by atoms with E-state index in [0.29, 0.717) is 5.25 Å². The summed E-state index contributed by atoms with van der Waals surface area (Å²) in [5.41, 5.74) is 11.1. The van der Waals surface area contributed by atoms with Gasteiger partial charge in [0.2, 0.25) is 0 Å². The molecule has 2 heterocycles. The third-order valence-corrected chi connectivity index (χ3v) is 5.54. The molecule has 4 rings (SSSR count). The number of nitrogens with zero attached hydrogens (tertiary/aromatic N) is 1. The second-order valence-electron chi connectivity index (χ2n) is 5.64. The van der Waals surface area contributed by atoms with Gasteiger partial charge in [-0.2, -0.15) is 0 Å². The van der Waals surface area contributed by atoms with Gasteiger partial charge in [-0.25, -0.2) is 0 Å². The molecule has 0 amide bonds. The van der Waals surface area contributed by atoms with Crippen LogP contribution >= 0.6 is 11.8 Å². The van der Waals surface area contributed by atoms with Gasteiger partial charge >= 0.3 is 0 Å². The Balaban J connectivity index is 1.52. The van der Waals surface area contributed by atoms with E-state index in [9.17, 15) is 0 Å². The van der Waals surface area contributed by atoms with Crippen molar-refractivity contribution in [2.24, 2.45) is 0 Å². The topological polar surface area (TPSA) is 29.3 Å². The number of thioether (sulfide) groups is 1. The van der Waals surface area contributed by atoms with E-state index in [4.69, 9.17) is 5.73 Å². The highest BCUT2D eigenvalue weighted by atomic mass is 32.2. The molecule has 2 aliphatic heterocycles. The fourth-order valence-corrected chi connectivity index (χ4v) is 4.59. The highest BCUT2D eigenvalue weighted by Crippen LogP contribution is 2.39. The molecule has 0 spiro atoms. The number of anilines is 2. The van der Waals surface area contributed by atoms with E-state index in [1.807, 2.05) is 17.8 Å². The molecule has 1 atom stereocenters. The van der Waals surface area contributed by atoms with Gasteiger partial charge in [0.1, 0.15) is 0 Å². The van der Waals surface area contributed by atoms with Crippen molar-refractivity contribution >= 4 is 23.1 Å². The lowest BCUT2D eigenvalue weighted by Crippen LogP contribution is -2.29. The summed E-state index contributed by atoms with van der Waals surface area (Å²) >= 11 is 2.03. The minimum atomic E-state index is 0.666. The van der Waals surface area contributed by atoms with E-state index in [0.717, 1.165) is 25.2 Å². The average molecular weight is 282 g/mol. The van der Waals surface area contributed by atoms with E-state index < -0.39 is 0 Å². The summed E-state index contributed by atoms with van der Waals surface area (Å²) in [6.45, 7) is 2.25. The summed E-state index contributed by atoms with van der Waals surface area (Å²) in [4.78, 5) is 3.97. The van der Waals surface area contributed by atoms with E-state index in [-0.39, 0.29) is 0 Å². The molecule has 2 aromatic rings. The second-order valence-corrected chi connectivity index (χ2v) is 6.98. The Bertz CT molecular complexity index is 628. The summed E-state index contributed by atoms with van der Waals surface area (Å²) in [7, 11) is 0. The quantitative estimate of drug-likeness (QED) is 0.857. The first kappa shape index (κ1) is 12.2. The maximum absolute atomic E-state index is 5.94. The highest BCUT2D eigenvalue weighted by Gasteiger charge is 2.27. The first-order valence-electron chi connectivity index (χ1n) is 7.17. The molecule has 102 valence electrons. The molecule has 2 aromatic carbocycles. The summed E-state index contributed by atoms with van der Waals surface area (Å²) in [5.74, 6) is 0. The lowest BCUT2D eigenvalue weighted by molar-refractivity contribution is 0.773. The van der Waals surface area contributed by atoms with Crippen LogP contribution in [0.3, 0.4) is 0 Å². The van der Waals surface area contributed by atoms with Gasteiger partial charge < -0.3 is 10.6 Å². The summed E-state index contributed by atoms with van der Waals surface area (Å²) in [6, 6.07) is 15.1. The Labute approximate surface area is 124 Å². The van der Waals surface area contributed by atoms with E-state index >= 15 is 0 Å². The zero-order valence-electron chi connectivity index (χ0n) is 11.4. The Morgan fingerprint density at radius 3 is 2.95 bits per heavy atom. The fourth-order valence-electron chi connectivity index (χ4n) is 3.25. The molecule has 0 bridgehead atoms. The zero-order chi connectivity index (χ0) is 13.5. The second kappa shape index (κ2) is 4.74. The Hall–Kier alpha value is -1.61. The molecule has 2 nitrogen and oxygen atoms in total. The molecule has 2 aliphatic rings. The number of rotatable bonds is 2. The van der Waals surface area contributed by atoms with Crippen LogP contribution in [-0.4, -0.2) is 18.3 Å². The largest absolute Gasteiger partial charge is 0.399 e. The van der Waals surface area contributed by atoms with Crippen LogP contribution in [0.2, 0.25) is 0 Å². The van der Waals surface area contributed by atoms with Crippen LogP contribution in [0.4, 0.5) is 11.4 Å². The standard InChI is InChI=1S/C17H18N2S/c18-14-6-5-12-7-8-19(16(12)10-14)11-15-9-13-3-1-2-4-17(13)20-15/h1-6,10,15H,7-9,11,18H2. The molecule has 0 saturated carbocycles. The molecular weight excluding hydrogens is 264 g/mol. The Morgan fingerprint density at radius 2 is 2.05 bits per heavy atom. The summed E-state index contributed by atoms with van der Waals surface area (Å²) in [5, 5.41) is 0.666. The Kier molecular flexibility index (Phi) is 2.88. The molecule has 0 radical (unpaired) electrons. The number of nitrogens with two attached hydrogens (primary N) is 1. The van der Waals surface area contributed by atoms with Crippen molar-refractivity contribution in [2.75, 3.05) is 23.7 Å². The van der Waals surface area contributed by atoms with Gasteiger partial charge in [-0.3, -0.25) is 0 Å². The van der Waals surface area contributed by atoms with Gasteiger partial charge in [-0.1, -0.05) is 24.3 Å². The number of fused-ring (bicyclic) bond motifs is 2. The van der Waals surface area contributed by atoms with Gasteiger partial charge in [0, 0.05) is 34.6 Å². The smallest absolute Gasteiger partial charge is 0.0420 e. The first-order valence-corrected chi connectivity index (χ1v) is 8.05. The van der Waals surface area contributed by atoms with Gasteiger partial charge in [-0.15, -0.1) is 11.8 Å². The average Bonchev–Trinajstić information content (AvgIpc) is 3.03. The number of hydrogen-bond donors (Lipinski definition) is 1. The molecule has 0 aromatic heterocycles. The lowest BCUT2D eigenvalue weighted by Gasteiger charge is -2.23. The van der Waals surface area contributed by atoms with Crippen LogP contribution in [0.1, 0.15) is 11.1 Å². The van der Waals surface area contributed by atoms with E-state index in [1.54, 1.807) is 0 Å². The molecular formula is C17H18N2S. The van der Waals surface area contributed by atoms with Crippen molar-refractivity contribution in [3.63, 3.8) is 0 Å². The van der Waals surface area contributed by atoms with Gasteiger partial charge in [0.25, 0.3) is 0 Å². The van der Waals surface area contributed by atoms with Gasteiger partial charge in [-0.05, 0) is 42.2 Å². The maximum atomic E-state index is 5.94. The van der Waals surface area contributed by atoms with Crippen LogP contribution in [0.25, 0.3) is 0 Å². The highest BCUT2D eigenvalue weighted by molar-refractivity contribution is 8.00. The van der Waals surface area contributed by atoms with Gasteiger partial charge in [0.05, 0.1) is 0 Å².